The van der Waals surface area contributed by atoms with Gasteiger partial charge in [-0.1, -0.05) is 0 Å². The number of hydrogen-bond donors (Lipinski definition) is 2. The van der Waals surface area contributed by atoms with Crippen molar-refractivity contribution in [1.29, 1.82) is 0 Å². The molecule has 0 bridgehead atoms. The summed E-state index contributed by atoms with van der Waals surface area (Å²) in [6.07, 6.45) is 4.72. The summed E-state index contributed by atoms with van der Waals surface area (Å²) in [5.41, 5.74) is 2.88. The first-order chi connectivity index (χ1) is 19.2. The summed E-state index contributed by atoms with van der Waals surface area (Å²) in [7, 11) is 0. The molecule has 6 rings (SSSR count). The lowest BCUT2D eigenvalue weighted by atomic mass is 10.1. The van der Waals surface area contributed by atoms with Gasteiger partial charge in [-0.2, -0.15) is 0 Å². The van der Waals surface area contributed by atoms with Crippen LogP contribution in [0.5, 0.6) is 5.75 Å². The Morgan fingerprint density at radius 3 is 2.79 bits per heavy atom. The van der Waals surface area contributed by atoms with Crippen molar-refractivity contribution in [1.82, 2.24) is 20.2 Å². The summed E-state index contributed by atoms with van der Waals surface area (Å²) in [6.45, 7) is 8.41. The monoisotopic (exact) mass is 533 g/mol. The van der Waals surface area contributed by atoms with Gasteiger partial charge in [0.1, 0.15) is 12.4 Å². The van der Waals surface area contributed by atoms with Crippen LogP contribution in [0.15, 0.2) is 47.3 Å². The number of carbonyl (C=O) groups excluding carboxylic acids is 2. The fraction of sp³-hybridized carbons (Fsp3) is 0.407. The van der Waals surface area contributed by atoms with E-state index in [1.165, 1.54) is 11.1 Å². The van der Waals surface area contributed by atoms with Crippen LogP contribution in [-0.2, 0) is 11.3 Å². The number of amides is 2. The quantitative estimate of drug-likeness (QED) is 0.441. The van der Waals surface area contributed by atoms with Crippen molar-refractivity contribution in [2.45, 2.75) is 6.54 Å². The molecule has 2 N–H and O–H groups in total. The van der Waals surface area contributed by atoms with E-state index in [0.29, 0.717) is 30.2 Å². The van der Waals surface area contributed by atoms with Gasteiger partial charge in [0.05, 0.1) is 43.5 Å². The minimum atomic E-state index is -0.509. The van der Waals surface area contributed by atoms with Crippen molar-refractivity contribution in [2.24, 2.45) is 0 Å². The van der Waals surface area contributed by atoms with Crippen molar-refractivity contribution in [3.8, 4) is 5.75 Å². The number of pyridine rings is 1. The number of ether oxygens (including phenoxy) is 2. The van der Waals surface area contributed by atoms with Crippen LogP contribution in [0.3, 0.4) is 0 Å². The van der Waals surface area contributed by atoms with Gasteiger partial charge in [-0.15, -0.1) is 0 Å². The van der Waals surface area contributed by atoms with E-state index in [0.717, 1.165) is 70.3 Å². The van der Waals surface area contributed by atoms with E-state index in [2.05, 4.69) is 30.4 Å². The fourth-order valence-corrected chi connectivity index (χ4v) is 5.02. The average Bonchev–Trinajstić information content (AvgIpc) is 3.59. The maximum absolute atomic E-state index is 13.1. The minimum absolute atomic E-state index is 0.129. The molecule has 12 nitrogen and oxygen atoms in total. The molecule has 1 aromatic carbocycles. The predicted molar refractivity (Wildman–Crippen MR) is 143 cm³/mol. The first-order valence-electron chi connectivity index (χ1n) is 13.2. The zero-order valence-electron chi connectivity index (χ0n) is 21.6. The fourth-order valence-electron chi connectivity index (χ4n) is 5.02. The second-order valence-electron chi connectivity index (χ2n) is 9.60. The predicted octanol–water partition coefficient (Wildman–Crippen LogP) is 1.60. The van der Waals surface area contributed by atoms with Crippen LogP contribution in [0.1, 0.15) is 26.6 Å². The molecule has 0 aliphatic carbocycles. The van der Waals surface area contributed by atoms with Crippen molar-refractivity contribution in [3.05, 3.63) is 59.9 Å². The number of nitrogens with one attached hydrogen (secondary N) is 2. The van der Waals surface area contributed by atoms with Crippen LogP contribution in [0, 0.1) is 0 Å². The van der Waals surface area contributed by atoms with Crippen LogP contribution in [0.2, 0.25) is 0 Å². The normalized spacial score (nSPS) is 17.8. The molecule has 12 heteroatoms. The Hall–Kier alpha value is -4.00. The maximum Gasteiger partial charge on any atom is 0.311 e. The molecule has 3 aliphatic rings. The molecule has 0 unspecified atom stereocenters. The van der Waals surface area contributed by atoms with Gasteiger partial charge in [0.25, 0.3) is 11.8 Å². The molecule has 204 valence electrons. The van der Waals surface area contributed by atoms with Crippen molar-refractivity contribution >= 4 is 29.1 Å². The van der Waals surface area contributed by atoms with E-state index in [9.17, 15) is 9.59 Å². The molecule has 3 aromatic rings. The van der Waals surface area contributed by atoms with E-state index in [-0.39, 0.29) is 17.7 Å². The lowest BCUT2D eigenvalue weighted by molar-refractivity contribution is 0.0322. The lowest BCUT2D eigenvalue weighted by Crippen LogP contribution is -2.43. The van der Waals surface area contributed by atoms with E-state index >= 15 is 0 Å². The highest BCUT2D eigenvalue weighted by Gasteiger charge is 2.32. The second kappa shape index (κ2) is 11.4. The maximum atomic E-state index is 13.1. The van der Waals surface area contributed by atoms with Crippen LogP contribution in [-0.4, -0.2) is 92.3 Å². The highest BCUT2D eigenvalue weighted by molar-refractivity contribution is 6.09. The number of piperazine rings is 1. The molecule has 0 atom stereocenters. The van der Waals surface area contributed by atoms with Gasteiger partial charge in [0.15, 0.2) is 0 Å². The third-order valence-electron chi connectivity index (χ3n) is 7.12. The Balaban J connectivity index is 1.09. The molecule has 5 heterocycles. The Labute approximate surface area is 225 Å². The number of hydrogen-bond acceptors (Lipinski definition) is 10. The number of benzene rings is 1. The van der Waals surface area contributed by atoms with E-state index < -0.39 is 5.91 Å². The van der Waals surface area contributed by atoms with E-state index in [1.807, 2.05) is 18.2 Å². The van der Waals surface area contributed by atoms with E-state index in [1.54, 1.807) is 18.5 Å². The Morgan fingerprint density at radius 1 is 1.10 bits per heavy atom. The third kappa shape index (κ3) is 5.58. The van der Waals surface area contributed by atoms with Gasteiger partial charge in [-0.05, 0) is 29.8 Å². The molecule has 3 aliphatic heterocycles. The molecule has 2 saturated heterocycles. The molecule has 0 saturated carbocycles. The number of rotatable bonds is 8. The van der Waals surface area contributed by atoms with Gasteiger partial charge in [-0.3, -0.25) is 24.4 Å². The van der Waals surface area contributed by atoms with Crippen LogP contribution in [0.4, 0.5) is 17.3 Å². The number of anilines is 3. The molecule has 0 spiro atoms. The standard InChI is InChI=1S/C27H31N7O5/c35-25(31-22-16-29-4-3-23(22)33-7-5-28-6-8-33)26-30-17-24(39-26)34-18-19-15-20(1-2-21(19)27(34)36)38-14-11-32-9-12-37-13-10-32/h1-4,15-17,28H,5-14,18H2,(H,31,35). The Bertz CT molecular complexity index is 1330. The van der Waals surface area contributed by atoms with Gasteiger partial charge < -0.3 is 29.4 Å². The Kier molecular flexibility index (Phi) is 7.39. The minimum Gasteiger partial charge on any atom is -0.492 e. The topological polar surface area (TPSA) is 125 Å². The highest BCUT2D eigenvalue weighted by atomic mass is 16.5. The summed E-state index contributed by atoms with van der Waals surface area (Å²) in [5, 5.41) is 6.18. The molecular weight excluding hydrogens is 502 g/mol. The van der Waals surface area contributed by atoms with Gasteiger partial charge in [0.2, 0.25) is 5.88 Å². The van der Waals surface area contributed by atoms with Gasteiger partial charge in [-0.25, -0.2) is 4.98 Å². The molecule has 39 heavy (non-hydrogen) atoms. The number of nitrogens with zero attached hydrogens (tertiary/aromatic N) is 5. The van der Waals surface area contributed by atoms with Crippen molar-refractivity contribution < 1.29 is 23.5 Å². The molecule has 2 amide bonds. The second-order valence-corrected chi connectivity index (χ2v) is 9.60. The van der Waals surface area contributed by atoms with Crippen molar-refractivity contribution in [3.63, 3.8) is 0 Å². The van der Waals surface area contributed by atoms with Crippen LogP contribution >= 0.6 is 0 Å². The number of fused-ring (bicyclic) bond motifs is 1. The first-order valence-corrected chi connectivity index (χ1v) is 13.2. The van der Waals surface area contributed by atoms with Gasteiger partial charge in [0, 0.05) is 57.6 Å². The van der Waals surface area contributed by atoms with Crippen molar-refractivity contribution in [2.75, 3.05) is 80.8 Å². The lowest BCUT2D eigenvalue weighted by Gasteiger charge is -2.30. The summed E-state index contributed by atoms with van der Waals surface area (Å²) in [5.74, 6) is 0.0821. The smallest absolute Gasteiger partial charge is 0.311 e. The largest absolute Gasteiger partial charge is 0.492 e. The zero-order valence-corrected chi connectivity index (χ0v) is 21.6. The molecule has 2 aromatic heterocycles. The number of morpholine rings is 1. The Morgan fingerprint density at radius 2 is 1.95 bits per heavy atom. The summed E-state index contributed by atoms with van der Waals surface area (Å²) in [4.78, 5) is 40.3. The summed E-state index contributed by atoms with van der Waals surface area (Å²) < 4.78 is 17.1. The molecular formula is C27H31N7O5. The summed E-state index contributed by atoms with van der Waals surface area (Å²) >= 11 is 0. The van der Waals surface area contributed by atoms with E-state index in [4.69, 9.17) is 13.9 Å². The first kappa shape index (κ1) is 25.3. The zero-order chi connectivity index (χ0) is 26.6. The third-order valence-corrected chi connectivity index (χ3v) is 7.12. The molecule has 2 fully saturated rings. The highest BCUT2D eigenvalue weighted by Crippen LogP contribution is 2.32. The number of aromatic nitrogens is 2. The van der Waals surface area contributed by atoms with Crippen LogP contribution in [0.25, 0.3) is 0 Å². The molecule has 0 radical (unpaired) electrons. The SMILES string of the molecule is O=C(Nc1cnccc1N1CCNCC1)c1ncc(N2Cc3cc(OCCN4CCOCC4)ccc3C2=O)o1. The average molecular weight is 534 g/mol. The number of oxazole rings is 1. The number of carbonyl (C=O) groups is 2. The van der Waals surface area contributed by atoms with Gasteiger partial charge >= 0.3 is 5.91 Å². The van der Waals surface area contributed by atoms with Crippen LogP contribution < -0.4 is 25.2 Å². The summed E-state index contributed by atoms with van der Waals surface area (Å²) in [6, 6.07) is 7.34.